The average molecular weight is 262 g/mol. The summed E-state index contributed by atoms with van der Waals surface area (Å²) in [5.41, 5.74) is 0.713. The van der Waals surface area contributed by atoms with Crippen LogP contribution < -0.4 is 0 Å². The van der Waals surface area contributed by atoms with E-state index in [0.717, 1.165) is 12.8 Å². The highest BCUT2D eigenvalue weighted by molar-refractivity contribution is 5.55. The average Bonchev–Trinajstić information content (AvgIpc) is 2.96. The molecule has 0 aliphatic heterocycles. The van der Waals surface area contributed by atoms with Gasteiger partial charge in [0.15, 0.2) is 11.7 Å². The van der Waals surface area contributed by atoms with Gasteiger partial charge in [-0.3, -0.25) is 0 Å². The molecule has 0 spiro atoms. The molecule has 100 valence electrons. The fourth-order valence-electron chi connectivity index (χ4n) is 1.99. The van der Waals surface area contributed by atoms with Crippen molar-refractivity contribution in [2.45, 2.75) is 32.7 Å². The lowest BCUT2D eigenvalue weighted by molar-refractivity contribution is 0.384. The molecule has 1 aliphatic rings. The van der Waals surface area contributed by atoms with Crippen LogP contribution in [0.15, 0.2) is 28.8 Å². The lowest BCUT2D eigenvalue weighted by Crippen LogP contribution is -2.06. The van der Waals surface area contributed by atoms with Crippen molar-refractivity contribution in [3.8, 4) is 0 Å². The molecule has 1 atom stereocenters. The summed E-state index contributed by atoms with van der Waals surface area (Å²) in [5.74, 6) is 0.401. The van der Waals surface area contributed by atoms with Gasteiger partial charge in [0.25, 0.3) is 5.89 Å². The van der Waals surface area contributed by atoms with E-state index in [0.29, 0.717) is 17.3 Å². The van der Waals surface area contributed by atoms with Crippen molar-refractivity contribution in [1.29, 1.82) is 0 Å². The van der Waals surface area contributed by atoms with E-state index < -0.39 is 0 Å². The molecule has 2 aromatic rings. The van der Waals surface area contributed by atoms with Crippen LogP contribution in [0.5, 0.6) is 0 Å². The van der Waals surface area contributed by atoms with Crippen molar-refractivity contribution in [3.63, 3.8) is 0 Å². The predicted molar refractivity (Wildman–Crippen MR) is 66.8 cm³/mol. The quantitative estimate of drug-likeness (QED) is 0.850. The number of rotatable bonds is 4. The van der Waals surface area contributed by atoms with Gasteiger partial charge in [-0.15, -0.1) is 0 Å². The van der Waals surface area contributed by atoms with Crippen molar-refractivity contribution in [2.24, 2.45) is 5.92 Å². The first-order valence-corrected chi connectivity index (χ1v) is 6.34. The van der Waals surface area contributed by atoms with Gasteiger partial charge in [0.2, 0.25) is 0 Å². The summed E-state index contributed by atoms with van der Waals surface area (Å²) in [6.07, 6.45) is 7.25. The molecule has 0 radical (unpaired) electrons. The Balaban J connectivity index is 1.85. The summed E-state index contributed by atoms with van der Waals surface area (Å²) in [5, 5.41) is 3.85. The minimum absolute atomic E-state index is 0.0219. The smallest absolute Gasteiger partial charge is 0.286 e. The Bertz CT molecular complexity index is 598. The maximum atomic E-state index is 14.1. The van der Waals surface area contributed by atoms with Crippen LogP contribution in [-0.4, -0.2) is 19.7 Å². The standard InChI is InChI=1S/C13H15FN4O/c1-8(10-3-4-10)11(14)13-16-12(17-19-13)9(2)18-6-5-15-7-18/h5-7,9-10H,3-4H2,1-2H3/b11-8-. The second kappa shape index (κ2) is 4.60. The normalized spacial score (nSPS) is 18.3. The van der Waals surface area contributed by atoms with Crippen LogP contribution in [0, 0.1) is 5.92 Å². The summed E-state index contributed by atoms with van der Waals surface area (Å²) in [7, 11) is 0. The Morgan fingerprint density at radius 3 is 2.95 bits per heavy atom. The van der Waals surface area contributed by atoms with Crippen LogP contribution in [0.3, 0.4) is 0 Å². The van der Waals surface area contributed by atoms with Crippen molar-refractivity contribution in [2.75, 3.05) is 0 Å². The first-order chi connectivity index (χ1) is 9.16. The lowest BCUT2D eigenvalue weighted by atomic mass is 10.2. The highest BCUT2D eigenvalue weighted by atomic mass is 19.1. The van der Waals surface area contributed by atoms with E-state index in [1.54, 1.807) is 19.4 Å². The highest BCUT2D eigenvalue weighted by Crippen LogP contribution is 2.40. The van der Waals surface area contributed by atoms with Crippen molar-refractivity contribution in [3.05, 3.63) is 36.0 Å². The molecule has 6 heteroatoms. The number of aromatic nitrogens is 4. The summed E-state index contributed by atoms with van der Waals surface area (Å²) in [6.45, 7) is 3.70. The third kappa shape index (κ3) is 2.30. The molecular weight excluding hydrogens is 247 g/mol. The lowest BCUT2D eigenvalue weighted by Gasteiger charge is -2.06. The van der Waals surface area contributed by atoms with Crippen LogP contribution in [-0.2, 0) is 0 Å². The van der Waals surface area contributed by atoms with Gasteiger partial charge < -0.3 is 9.09 Å². The van der Waals surface area contributed by atoms with Gasteiger partial charge in [0.1, 0.15) is 0 Å². The topological polar surface area (TPSA) is 56.7 Å². The fraction of sp³-hybridized carbons (Fsp3) is 0.462. The van der Waals surface area contributed by atoms with Gasteiger partial charge in [0.05, 0.1) is 12.4 Å². The van der Waals surface area contributed by atoms with Crippen molar-refractivity contribution < 1.29 is 8.91 Å². The van der Waals surface area contributed by atoms with Gasteiger partial charge in [-0.25, -0.2) is 9.37 Å². The Morgan fingerprint density at radius 2 is 2.32 bits per heavy atom. The van der Waals surface area contributed by atoms with E-state index in [4.69, 9.17) is 4.52 Å². The molecule has 1 fully saturated rings. The minimum atomic E-state index is -0.376. The first-order valence-electron chi connectivity index (χ1n) is 6.34. The first kappa shape index (κ1) is 12.1. The molecule has 0 aromatic carbocycles. The van der Waals surface area contributed by atoms with Crippen LogP contribution in [0.1, 0.15) is 44.4 Å². The second-order valence-electron chi connectivity index (χ2n) is 4.91. The number of hydrogen-bond donors (Lipinski definition) is 0. The molecule has 0 bridgehead atoms. The summed E-state index contributed by atoms with van der Waals surface area (Å²) >= 11 is 0. The van der Waals surface area contributed by atoms with E-state index in [1.807, 2.05) is 17.7 Å². The zero-order valence-electron chi connectivity index (χ0n) is 10.9. The maximum Gasteiger partial charge on any atom is 0.286 e. The minimum Gasteiger partial charge on any atom is -0.331 e. The highest BCUT2D eigenvalue weighted by Gasteiger charge is 2.28. The van der Waals surface area contributed by atoms with Crippen LogP contribution in [0.4, 0.5) is 4.39 Å². The van der Waals surface area contributed by atoms with E-state index >= 15 is 0 Å². The fourth-order valence-corrected chi connectivity index (χ4v) is 1.99. The van der Waals surface area contributed by atoms with E-state index in [2.05, 4.69) is 15.1 Å². The predicted octanol–water partition coefficient (Wildman–Crippen LogP) is 2.99. The largest absolute Gasteiger partial charge is 0.331 e. The van der Waals surface area contributed by atoms with E-state index in [9.17, 15) is 4.39 Å². The molecule has 0 amide bonds. The molecule has 0 N–H and O–H groups in total. The molecule has 1 saturated carbocycles. The third-order valence-corrected chi connectivity index (χ3v) is 3.51. The van der Waals surface area contributed by atoms with Crippen molar-refractivity contribution >= 4 is 5.83 Å². The Morgan fingerprint density at radius 1 is 1.53 bits per heavy atom. The third-order valence-electron chi connectivity index (χ3n) is 3.51. The van der Waals surface area contributed by atoms with Gasteiger partial charge >= 0.3 is 0 Å². The van der Waals surface area contributed by atoms with Gasteiger partial charge in [-0.05, 0) is 38.2 Å². The maximum absolute atomic E-state index is 14.1. The van der Waals surface area contributed by atoms with Gasteiger partial charge in [-0.2, -0.15) is 4.98 Å². The monoisotopic (exact) mass is 262 g/mol. The van der Waals surface area contributed by atoms with E-state index in [-0.39, 0.29) is 17.8 Å². The number of hydrogen-bond acceptors (Lipinski definition) is 4. The number of halogens is 1. The number of nitrogens with zero attached hydrogens (tertiary/aromatic N) is 4. The van der Waals surface area contributed by atoms with Crippen molar-refractivity contribution in [1.82, 2.24) is 19.7 Å². The zero-order valence-corrected chi connectivity index (χ0v) is 10.9. The second-order valence-corrected chi connectivity index (χ2v) is 4.91. The summed E-state index contributed by atoms with van der Waals surface area (Å²) < 4.78 is 21.0. The SMILES string of the molecule is C/C(=C(/F)c1nc(C(C)n2ccnc2)no1)C1CC1. The molecule has 5 nitrogen and oxygen atoms in total. The van der Waals surface area contributed by atoms with E-state index in [1.165, 1.54) is 0 Å². The summed E-state index contributed by atoms with van der Waals surface area (Å²) in [6, 6.07) is -0.131. The summed E-state index contributed by atoms with van der Waals surface area (Å²) in [4.78, 5) is 8.10. The number of allylic oxidation sites excluding steroid dienone is 1. The Labute approximate surface area is 110 Å². The Hall–Kier alpha value is -1.98. The van der Waals surface area contributed by atoms with Crippen LogP contribution in [0.25, 0.3) is 5.83 Å². The molecular formula is C13H15FN4O. The number of imidazole rings is 1. The molecule has 19 heavy (non-hydrogen) atoms. The van der Waals surface area contributed by atoms with Gasteiger partial charge in [-0.1, -0.05) is 5.16 Å². The molecule has 2 aromatic heterocycles. The molecule has 0 saturated heterocycles. The van der Waals surface area contributed by atoms with Gasteiger partial charge in [0, 0.05) is 12.4 Å². The van der Waals surface area contributed by atoms with Crippen LogP contribution in [0.2, 0.25) is 0 Å². The molecule has 3 rings (SSSR count). The molecule has 1 unspecified atom stereocenters. The zero-order chi connectivity index (χ0) is 13.4. The Kier molecular flexibility index (Phi) is 2.93. The molecule has 1 aliphatic carbocycles. The van der Waals surface area contributed by atoms with Crippen LogP contribution >= 0.6 is 0 Å². The molecule has 2 heterocycles.